The first kappa shape index (κ1) is 27.8. The molecule has 9 nitrogen and oxygen atoms in total. The average Bonchev–Trinajstić information content (AvgIpc) is 3.57. The van der Waals surface area contributed by atoms with Crippen molar-refractivity contribution < 1.29 is 50.5 Å². The number of fused-ring (bicyclic) bond motifs is 1. The van der Waals surface area contributed by atoms with Gasteiger partial charge >= 0.3 is 43.7 Å². The molecule has 0 aliphatic carbocycles. The van der Waals surface area contributed by atoms with Crippen LogP contribution in [-0.2, 0) is 13.0 Å². The molecule has 0 amide bonds. The van der Waals surface area contributed by atoms with Gasteiger partial charge in [0.15, 0.2) is 10.8 Å². The summed E-state index contributed by atoms with van der Waals surface area (Å²) >= 11 is 6.22. The summed E-state index contributed by atoms with van der Waals surface area (Å²) in [5.74, 6) is 0.107. The molecule has 5 rings (SSSR count). The Labute approximate surface area is 239 Å². The number of para-hydroxylation sites is 1. The number of halogens is 1. The van der Waals surface area contributed by atoms with E-state index in [2.05, 4.69) is 37.1 Å². The third-order valence-corrected chi connectivity index (χ3v) is 6.13. The van der Waals surface area contributed by atoms with E-state index in [4.69, 9.17) is 11.6 Å². The van der Waals surface area contributed by atoms with Crippen LogP contribution in [0, 0.1) is 0 Å². The van der Waals surface area contributed by atoms with E-state index in [1.54, 1.807) is 4.57 Å². The Morgan fingerprint density at radius 2 is 1.94 bits per heavy atom. The van der Waals surface area contributed by atoms with E-state index >= 15 is 0 Å². The molecular weight excluding hydrogens is 468 g/mol. The molecule has 2 N–H and O–H groups in total. The molecule has 5 aromatic rings. The number of carboxylic acid groups (broad SMARTS) is 1. The molecule has 0 aliphatic heterocycles. The number of benzene rings is 2. The van der Waals surface area contributed by atoms with Crippen LogP contribution < -0.4 is 37.7 Å². The second-order valence-electron chi connectivity index (χ2n) is 7.95. The second kappa shape index (κ2) is 12.0. The third kappa shape index (κ3) is 5.17. The van der Waals surface area contributed by atoms with E-state index in [0.717, 1.165) is 40.6 Å². The van der Waals surface area contributed by atoms with Crippen LogP contribution in [0.25, 0.3) is 28.0 Å². The first-order valence-corrected chi connectivity index (χ1v) is 11.4. The average molecular weight is 492 g/mol. The Balaban J connectivity index is 0.00000180. The van der Waals surface area contributed by atoms with E-state index in [9.17, 15) is 9.90 Å². The fourth-order valence-corrected chi connectivity index (χ4v) is 4.55. The number of tetrazole rings is 1. The maximum Gasteiger partial charge on any atom is 1.00 e. The number of nitrogens with zero attached hydrogens (tertiary/aromatic N) is 6. The Bertz CT molecular complexity index is 1490. The van der Waals surface area contributed by atoms with Crippen LogP contribution in [-0.4, -0.2) is 45.8 Å². The van der Waals surface area contributed by atoms with Gasteiger partial charge in [-0.1, -0.05) is 49.2 Å². The van der Waals surface area contributed by atoms with Gasteiger partial charge in [0.25, 0.3) is 0 Å². The zero-order valence-electron chi connectivity index (χ0n) is 22.4. The number of aromatic carboxylic acids is 1. The minimum absolute atomic E-state index is 0. The first-order valence-electron chi connectivity index (χ1n) is 11.0. The first-order chi connectivity index (χ1) is 16.6. The molecule has 12 heteroatoms. The van der Waals surface area contributed by atoms with Crippen LogP contribution in [0.5, 0.6) is 0 Å². The van der Waals surface area contributed by atoms with Crippen molar-refractivity contribution in [1.29, 1.82) is 0 Å². The molecule has 3 aromatic heterocycles. The maximum atomic E-state index is 12.0. The molecule has 176 valence electrons. The molecular formula is C24H24ClLi2N7O2. The van der Waals surface area contributed by atoms with Crippen LogP contribution in [0.1, 0.15) is 44.5 Å². The van der Waals surface area contributed by atoms with Crippen LogP contribution in [0.4, 0.5) is 0 Å². The van der Waals surface area contributed by atoms with E-state index in [0.29, 0.717) is 24.6 Å². The number of H-pyrrole nitrogens is 1. The van der Waals surface area contributed by atoms with E-state index in [-0.39, 0.29) is 51.4 Å². The number of aryl methyl sites for hydroxylation is 1. The van der Waals surface area contributed by atoms with Gasteiger partial charge in [-0.15, -0.1) is 10.2 Å². The number of nitrogens with one attached hydrogen (secondary N) is 1. The molecule has 0 aliphatic rings. The molecule has 0 saturated carbocycles. The normalized spacial score (nSPS) is 10.7. The Morgan fingerprint density at radius 1 is 1.14 bits per heavy atom. The summed E-state index contributed by atoms with van der Waals surface area (Å²) in [6, 6.07) is 15.9. The van der Waals surface area contributed by atoms with Crippen molar-refractivity contribution in [2.24, 2.45) is 0 Å². The minimum atomic E-state index is -1.08. The number of carboxylic acids is 1. The molecule has 0 fully saturated rings. The second-order valence-corrected chi connectivity index (χ2v) is 8.31. The standard InChI is InChI=1S/C24H22ClN7O2.2Li.2H/c1-2-3-11-20-26-22(25)21(24(33)34)32(20)14-15-7-6-10-18-16(15)12-13-31(18)19-9-5-4-8-17(19)23-27-29-30-28-23;;;;/h4-10,12-13H,2-3,11,14H2,1H3,(H,33,34)(H,27,28,29,30);;;;/q;2*+1;2*-1. The summed E-state index contributed by atoms with van der Waals surface area (Å²) in [6.45, 7) is 2.44. The van der Waals surface area contributed by atoms with Gasteiger partial charge in [-0.05, 0) is 41.5 Å². The van der Waals surface area contributed by atoms with Gasteiger partial charge in [0.05, 0.1) is 17.7 Å². The van der Waals surface area contributed by atoms with Crippen molar-refractivity contribution in [1.82, 2.24) is 34.7 Å². The van der Waals surface area contributed by atoms with Gasteiger partial charge < -0.3 is 17.1 Å². The van der Waals surface area contributed by atoms with Crippen molar-refractivity contribution >= 4 is 28.5 Å². The maximum absolute atomic E-state index is 12.0. The Kier molecular flexibility index (Phi) is 9.24. The quantitative estimate of drug-likeness (QED) is 0.269. The number of hydrogen-bond acceptors (Lipinski definition) is 5. The number of rotatable bonds is 8. The Hall–Kier alpha value is -2.79. The van der Waals surface area contributed by atoms with Gasteiger partial charge in [-0.3, -0.25) is 0 Å². The van der Waals surface area contributed by atoms with E-state index in [1.807, 2.05) is 54.7 Å². The van der Waals surface area contributed by atoms with Gasteiger partial charge in [-0.2, -0.15) is 5.21 Å². The largest absolute Gasteiger partial charge is 1.00 e. The molecule has 3 heterocycles. The van der Waals surface area contributed by atoms with Crippen LogP contribution in [0.3, 0.4) is 0 Å². The van der Waals surface area contributed by atoms with Gasteiger partial charge in [0.1, 0.15) is 5.82 Å². The monoisotopic (exact) mass is 491 g/mol. The topological polar surface area (TPSA) is 115 Å². The number of carbonyl (C=O) groups is 1. The molecule has 2 aromatic carbocycles. The number of aromatic nitrogens is 7. The summed E-state index contributed by atoms with van der Waals surface area (Å²) in [5, 5.41) is 25.3. The number of aromatic amines is 1. The smallest absolute Gasteiger partial charge is 1.00 e. The molecule has 0 unspecified atom stereocenters. The van der Waals surface area contributed by atoms with Crippen molar-refractivity contribution in [2.75, 3.05) is 0 Å². The fraction of sp³-hybridized carbons (Fsp3) is 0.208. The third-order valence-electron chi connectivity index (χ3n) is 5.86. The van der Waals surface area contributed by atoms with Crippen molar-refractivity contribution in [3.8, 4) is 17.1 Å². The van der Waals surface area contributed by atoms with E-state index in [1.165, 1.54) is 0 Å². The molecule has 0 radical (unpaired) electrons. The summed E-state index contributed by atoms with van der Waals surface area (Å²) < 4.78 is 3.79. The summed E-state index contributed by atoms with van der Waals surface area (Å²) in [6.07, 6.45) is 4.54. The number of hydrogen-bond donors (Lipinski definition) is 2. The van der Waals surface area contributed by atoms with Gasteiger partial charge in [-0.25, -0.2) is 9.78 Å². The summed E-state index contributed by atoms with van der Waals surface area (Å²) in [7, 11) is 0. The minimum Gasteiger partial charge on any atom is -1.00 e. The predicted molar refractivity (Wildman–Crippen MR) is 131 cm³/mol. The van der Waals surface area contributed by atoms with Crippen molar-refractivity contribution in [3.63, 3.8) is 0 Å². The number of unbranched alkanes of at least 4 members (excludes halogenated alkanes) is 1. The van der Waals surface area contributed by atoms with Crippen LogP contribution >= 0.6 is 11.6 Å². The molecule has 36 heavy (non-hydrogen) atoms. The van der Waals surface area contributed by atoms with E-state index < -0.39 is 5.97 Å². The zero-order valence-corrected chi connectivity index (χ0v) is 21.2. The van der Waals surface area contributed by atoms with Crippen molar-refractivity contribution in [2.45, 2.75) is 32.7 Å². The molecule has 0 atom stereocenters. The van der Waals surface area contributed by atoms with Gasteiger partial charge in [0.2, 0.25) is 5.82 Å². The van der Waals surface area contributed by atoms with Crippen molar-refractivity contribution in [3.05, 3.63) is 77.0 Å². The zero-order chi connectivity index (χ0) is 23.7. The SMILES string of the molecule is CCCCc1nc(Cl)c(C(=O)O)n1Cc1cccc2c1ccn2-c1ccccc1-c1nn[nH]n1.[H-].[H-].[Li+].[Li+]. The summed E-state index contributed by atoms with van der Waals surface area (Å²) in [4.78, 5) is 16.3. The number of imidazole rings is 1. The van der Waals surface area contributed by atoms with Gasteiger partial charge in [0, 0.05) is 23.6 Å². The van der Waals surface area contributed by atoms with Crippen LogP contribution in [0.2, 0.25) is 5.15 Å². The molecule has 0 spiro atoms. The summed E-state index contributed by atoms with van der Waals surface area (Å²) in [5.41, 5.74) is 3.73. The van der Waals surface area contributed by atoms with Crippen LogP contribution in [0.15, 0.2) is 54.7 Å². The predicted octanol–water partition coefficient (Wildman–Crippen LogP) is -1.02. The Morgan fingerprint density at radius 3 is 2.67 bits per heavy atom. The molecule has 0 bridgehead atoms. The fourth-order valence-electron chi connectivity index (χ4n) is 4.27. The molecule has 0 saturated heterocycles.